The highest BCUT2D eigenvalue weighted by Gasteiger charge is 2.47. The number of halogens is 1. The summed E-state index contributed by atoms with van der Waals surface area (Å²) in [6.07, 6.45) is 2.46. The summed E-state index contributed by atoms with van der Waals surface area (Å²) in [7, 11) is 0. The maximum Gasteiger partial charge on any atom is 0.348 e. The molecule has 0 aliphatic carbocycles. The molecule has 1 heterocycles. The van der Waals surface area contributed by atoms with Gasteiger partial charge in [-0.05, 0) is 53.6 Å². The van der Waals surface area contributed by atoms with E-state index < -0.39 is 11.6 Å². The third kappa shape index (κ3) is 6.80. The minimum absolute atomic E-state index is 0.205. The lowest BCUT2D eigenvalue weighted by molar-refractivity contribution is -0.155. The number of carboxylic acid groups (broad SMARTS) is 1. The van der Waals surface area contributed by atoms with E-state index in [4.69, 9.17) is 25.8 Å². The molecule has 1 atom stereocenters. The van der Waals surface area contributed by atoms with Crippen molar-refractivity contribution in [1.82, 2.24) is 0 Å². The second-order valence-electron chi connectivity index (χ2n) is 10.5. The monoisotopic (exact) mass is 474 g/mol. The van der Waals surface area contributed by atoms with Crippen molar-refractivity contribution in [3.05, 3.63) is 52.5 Å². The number of carbonyl (C=O) groups is 1. The van der Waals surface area contributed by atoms with Crippen LogP contribution >= 0.6 is 11.6 Å². The van der Waals surface area contributed by atoms with Crippen molar-refractivity contribution in [3.8, 4) is 17.2 Å². The first-order valence-electron chi connectivity index (χ1n) is 11.6. The first kappa shape index (κ1) is 25.2. The van der Waals surface area contributed by atoms with Crippen LogP contribution in [0.15, 0.2) is 36.4 Å². The summed E-state index contributed by atoms with van der Waals surface area (Å²) in [5.74, 6) is 1.30. The Balaban J connectivity index is 1.48. The van der Waals surface area contributed by atoms with Gasteiger partial charge in [0.1, 0.15) is 17.2 Å². The highest BCUT2D eigenvalue weighted by molar-refractivity contribution is 6.32. The van der Waals surface area contributed by atoms with Crippen molar-refractivity contribution in [1.29, 1.82) is 0 Å². The van der Waals surface area contributed by atoms with E-state index in [1.807, 2.05) is 38.1 Å². The Hall–Kier alpha value is -2.40. The van der Waals surface area contributed by atoms with Crippen molar-refractivity contribution in [2.45, 2.75) is 65.9 Å². The van der Waals surface area contributed by atoms with Gasteiger partial charge < -0.3 is 19.3 Å². The van der Waals surface area contributed by atoms with Gasteiger partial charge in [0.15, 0.2) is 0 Å². The van der Waals surface area contributed by atoms with Crippen molar-refractivity contribution >= 4 is 17.6 Å². The first-order valence-corrected chi connectivity index (χ1v) is 11.9. The third-order valence-electron chi connectivity index (χ3n) is 5.49. The topological polar surface area (TPSA) is 65.0 Å². The highest BCUT2D eigenvalue weighted by atomic mass is 35.5. The second kappa shape index (κ2) is 10.3. The van der Waals surface area contributed by atoms with Gasteiger partial charge in [0.05, 0.1) is 18.2 Å². The molecule has 0 saturated heterocycles. The molecule has 0 saturated carbocycles. The molecule has 33 heavy (non-hydrogen) atoms. The number of hydrogen-bond acceptors (Lipinski definition) is 4. The molecule has 180 valence electrons. The largest absolute Gasteiger partial charge is 0.493 e. The zero-order valence-corrected chi connectivity index (χ0v) is 21.0. The Labute approximate surface area is 202 Å². The number of ether oxygens (including phenoxy) is 3. The lowest BCUT2D eigenvalue weighted by Crippen LogP contribution is -2.44. The van der Waals surface area contributed by atoms with E-state index in [2.05, 4.69) is 26.8 Å². The fourth-order valence-corrected chi connectivity index (χ4v) is 4.49. The van der Waals surface area contributed by atoms with Crippen LogP contribution in [0.3, 0.4) is 0 Å². The summed E-state index contributed by atoms with van der Waals surface area (Å²) in [4.78, 5) is 11.9. The molecule has 3 rings (SSSR count). The third-order valence-corrected chi connectivity index (χ3v) is 5.78. The number of fused-ring (bicyclic) bond motifs is 1. The number of carboxylic acids is 1. The Morgan fingerprint density at radius 1 is 1.15 bits per heavy atom. The van der Waals surface area contributed by atoms with Crippen LogP contribution in [0.25, 0.3) is 0 Å². The molecular weight excluding hydrogens is 440 g/mol. The molecule has 5 nitrogen and oxygen atoms in total. The lowest BCUT2D eigenvalue weighted by atomic mass is 9.88. The van der Waals surface area contributed by atoms with Gasteiger partial charge in [0.2, 0.25) is 5.60 Å². The van der Waals surface area contributed by atoms with Crippen LogP contribution < -0.4 is 14.2 Å². The molecule has 0 radical (unpaired) electrons. The zero-order valence-electron chi connectivity index (χ0n) is 20.2. The standard InChI is InChI=1S/C27H35ClO5/c1-18(2)15-27(25(29)30)17-20-14-21(8-10-23(20)33-27)31-11-6-12-32-24-9-7-19(13-22(24)28)16-26(3,4)5/h7-10,13-14,18H,6,11-12,15-17H2,1-5H3,(H,29,30)/t27-/m0/s1. The molecule has 0 amide bonds. The average molecular weight is 475 g/mol. The summed E-state index contributed by atoms with van der Waals surface area (Å²) >= 11 is 6.39. The van der Waals surface area contributed by atoms with Crippen LogP contribution in [-0.2, 0) is 17.6 Å². The molecule has 0 spiro atoms. The number of benzene rings is 2. The molecule has 0 fully saturated rings. The summed E-state index contributed by atoms with van der Waals surface area (Å²) in [5.41, 5.74) is 1.08. The average Bonchev–Trinajstić information content (AvgIpc) is 3.06. The predicted octanol–water partition coefficient (Wildman–Crippen LogP) is 6.58. The van der Waals surface area contributed by atoms with Gasteiger partial charge in [-0.25, -0.2) is 4.79 Å². The molecular formula is C27H35ClO5. The SMILES string of the molecule is CC(C)C[C@@]1(C(=O)O)Cc2cc(OCCCOc3ccc(CC(C)(C)C)cc3Cl)ccc2O1. The van der Waals surface area contributed by atoms with E-state index in [1.54, 1.807) is 6.07 Å². The van der Waals surface area contributed by atoms with Gasteiger partial charge in [-0.2, -0.15) is 0 Å². The summed E-state index contributed by atoms with van der Waals surface area (Å²) in [6.45, 7) is 11.6. The van der Waals surface area contributed by atoms with Crippen LogP contribution in [-0.4, -0.2) is 29.9 Å². The second-order valence-corrected chi connectivity index (χ2v) is 10.9. The van der Waals surface area contributed by atoms with Crippen molar-refractivity contribution in [3.63, 3.8) is 0 Å². The van der Waals surface area contributed by atoms with E-state index in [-0.39, 0.29) is 11.3 Å². The molecule has 2 aromatic rings. The smallest absolute Gasteiger partial charge is 0.348 e. The Morgan fingerprint density at radius 3 is 2.52 bits per heavy atom. The van der Waals surface area contributed by atoms with Gasteiger partial charge >= 0.3 is 5.97 Å². The molecule has 0 unspecified atom stereocenters. The van der Waals surface area contributed by atoms with Crippen LogP contribution in [0.5, 0.6) is 17.2 Å². The fraction of sp³-hybridized carbons (Fsp3) is 0.519. The van der Waals surface area contributed by atoms with Crippen LogP contribution in [0.2, 0.25) is 5.02 Å². The maximum atomic E-state index is 11.9. The number of hydrogen-bond donors (Lipinski definition) is 1. The summed E-state index contributed by atoms with van der Waals surface area (Å²) < 4.78 is 17.6. The van der Waals surface area contributed by atoms with E-state index in [0.29, 0.717) is 54.7 Å². The molecule has 1 aliphatic heterocycles. The normalized spacial score (nSPS) is 17.5. The first-order chi connectivity index (χ1) is 15.5. The minimum Gasteiger partial charge on any atom is -0.493 e. The van der Waals surface area contributed by atoms with Gasteiger partial charge in [-0.1, -0.05) is 52.3 Å². The molecule has 0 aromatic heterocycles. The maximum absolute atomic E-state index is 11.9. The molecule has 1 N–H and O–H groups in total. The van der Waals surface area contributed by atoms with Crippen LogP contribution in [0, 0.1) is 11.3 Å². The molecule has 2 aromatic carbocycles. The highest BCUT2D eigenvalue weighted by Crippen LogP contribution is 2.40. The van der Waals surface area contributed by atoms with E-state index in [9.17, 15) is 9.90 Å². The molecule has 0 bridgehead atoms. The fourth-order valence-electron chi connectivity index (χ4n) is 4.23. The van der Waals surface area contributed by atoms with E-state index in [1.165, 1.54) is 5.56 Å². The minimum atomic E-state index is -1.19. The molecule has 1 aliphatic rings. The van der Waals surface area contributed by atoms with Crippen LogP contribution in [0.1, 0.15) is 58.6 Å². The Bertz CT molecular complexity index is 979. The van der Waals surface area contributed by atoms with Crippen molar-refractivity contribution in [2.75, 3.05) is 13.2 Å². The van der Waals surface area contributed by atoms with E-state index >= 15 is 0 Å². The lowest BCUT2D eigenvalue weighted by Gasteiger charge is -2.25. The zero-order chi connectivity index (χ0) is 24.2. The van der Waals surface area contributed by atoms with Crippen molar-refractivity contribution < 1.29 is 24.1 Å². The summed E-state index contributed by atoms with van der Waals surface area (Å²) in [5, 5.41) is 10.4. The van der Waals surface area contributed by atoms with Crippen molar-refractivity contribution in [2.24, 2.45) is 11.3 Å². The van der Waals surface area contributed by atoms with Gasteiger partial charge in [0.25, 0.3) is 0 Å². The Morgan fingerprint density at radius 2 is 1.88 bits per heavy atom. The Kier molecular flexibility index (Phi) is 7.84. The number of aliphatic carboxylic acids is 1. The quantitative estimate of drug-likeness (QED) is 0.394. The number of rotatable bonds is 10. The van der Waals surface area contributed by atoms with Gasteiger partial charge in [-0.15, -0.1) is 0 Å². The van der Waals surface area contributed by atoms with Gasteiger partial charge in [-0.3, -0.25) is 0 Å². The van der Waals surface area contributed by atoms with Crippen LogP contribution in [0.4, 0.5) is 0 Å². The predicted molar refractivity (Wildman–Crippen MR) is 131 cm³/mol. The molecule has 6 heteroatoms. The van der Waals surface area contributed by atoms with Gasteiger partial charge in [0, 0.05) is 24.8 Å². The van der Waals surface area contributed by atoms with E-state index in [0.717, 1.165) is 12.0 Å². The summed E-state index contributed by atoms with van der Waals surface area (Å²) in [6, 6.07) is 11.5.